The number of carbonyl (C=O) groups excluding carboxylic acids is 3. The quantitative estimate of drug-likeness (QED) is 0.402. The van der Waals surface area contributed by atoms with E-state index in [1.165, 1.54) is 6.07 Å². The van der Waals surface area contributed by atoms with Gasteiger partial charge < -0.3 is 15.0 Å². The Kier molecular flexibility index (Phi) is 7.54. The molecule has 1 N–H and O–H groups in total. The van der Waals surface area contributed by atoms with Crippen LogP contribution in [0, 0.1) is 16.0 Å². The number of ether oxygens (including phenoxy) is 1. The number of rotatable bonds is 7. The standard InChI is InChI=1S/C23H25N3O6/c1-2-32-23(29)19-12-18(13-20(14-19)26(30)31)22(28)25-10-8-17(9-11-25)21(27)24-15-16-6-4-3-5-7-16/h3-7,12-14,17H,2,8-11,15H2,1H3,(H,24,27). The predicted molar refractivity (Wildman–Crippen MR) is 116 cm³/mol. The molecule has 2 amide bonds. The van der Waals surface area contributed by atoms with Crippen LogP contribution in [0.25, 0.3) is 0 Å². The van der Waals surface area contributed by atoms with Gasteiger partial charge >= 0.3 is 5.97 Å². The molecule has 32 heavy (non-hydrogen) atoms. The Morgan fingerprint density at radius 3 is 2.38 bits per heavy atom. The molecule has 1 saturated heterocycles. The molecule has 1 aliphatic rings. The van der Waals surface area contributed by atoms with Gasteiger partial charge in [0.1, 0.15) is 0 Å². The molecule has 0 unspecified atom stereocenters. The van der Waals surface area contributed by atoms with Crippen LogP contribution in [-0.2, 0) is 16.1 Å². The average molecular weight is 439 g/mol. The third kappa shape index (κ3) is 5.69. The first-order valence-electron chi connectivity index (χ1n) is 10.5. The van der Waals surface area contributed by atoms with Gasteiger partial charge in [-0.3, -0.25) is 19.7 Å². The van der Waals surface area contributed by atoms with E-state index in [1.807, 2.05) is 30.3 Å². The van der Waals surface area contributed by atoms with Gasteiger partial charge in [-0.1, -0.05) is 30.3 Å². The summed E-state index contributed by atoms with van der Waals surface area (Å²) in [4.78, 5) is 49.6. The minimum atomic E-state index is -0.723. The number of non-ortho nitro benzene ring substituents is 1. The minimum Gasteiger partial charge on any atom is -0.462 e. The third-order valence-corrected chi connectivity index (χ3v) is 5.35. The van der Waals surface area contributed by atoms with Gasteiger partial charge in [0.15, 0.2) is 0 Å². The first kappa shape index (κ1) is 22.9. The summed E-state index contributed by atoms with van der Waals surface area (Å²) in [5, 5.41) is 14.2. The number of nitrogens with one attached hydrogen (secondary N) is 1. The van der Waals surface area contributed by atoms with Crippen molar-refractivity contribution < 1.29 is 24.0 Å². The van der Waals surface area contributed by atoms with Crippen molar-refractivity contribution in [3.05, 3.63) is 75.3 Å². The Morgan fingerprint density at radius 1 is 1.09 bits per heavy atom. The van der Waals surface area contributed by atoms with E-state index in [2.05, 4.69) is 5.32 Å². The van der Waals surface area contributed by atoms with Crippen LogP contribution < -0.4 is 5.32 Å². The number of nitro benzene ring substituents is 1. The van der Waals surface area contributed by atoms with E-state index in [4.69, 9.17) is 4.74 Å². The number of nitrogens with zero attached hydrogens (tertiary/aromatic N) is 2. The Hall–Kier alpha value is -3.75. The lowest BCUT2D eigenvalue weighted by atomic mass is 9.95. The van der Waals surface area contributed by atoms with Gasteiger partial charge in [0.05, 0.1) is 17.1 Å². The van der Waals surface area contributed by atoms with Crippen LogP contribution in [0.15, 0.2) is 48.5 Å². The summed E-state index contributed by atoms with van der Waals surface area (Å²) in [5.74, 6) is -1.40. The molecule has 2 aromatic rings. The molecule has 0 spiro atoms. The number of likely N-dealkylation sites (tertiary alicyclic amines) is 1. The maximum absolute atomic E-state index is 12.9. The highest BCUT2D eigenvalue weighted by Crippen LogP contribution is 2.23. The molecule has 9 heteroatoms. The Labute approximate surface area is 185 Å². The number of carbonyl (C=O) groups is 3. The summed E-state index contributed by atoms with van der Waals surface area (Å²) < 4.78 is 4.91. The summed E-state index contributed by atoms with van der Waals surface area (Å²) in [7, 11) is 0. The third-order valence-electron chi connectivity index (χ3n) is 5.35. The van der Waals surface area contributed by atoms with Crippen molar-refractivity contribution in [3.63, 3.8) is 0 Å². The van der Waals surface area contributed by atoms with E-state index in [1.54, 1.807) is 11.8 Å². The molecule has 9 nitrogen and oxygen atoms in total. The molecule has 0 saturated carbocycles. The molecule has 3 rings (SSSR count). The van der Waals surface area contributed by atoms with Gasteiger partial charge in [-0.15, -0.1) is 0 Å². The van der Waals surface area contributed by atoms with E-state index in [0.717, 1.165) is 17.7 Å². The number of piperidine rings is 1. The van der Waals surface area contributed by atoms with Gasteiger partial charge in [0, 0.05) is 43.2 Å². The van der Waals surface area contributed by atoms with Crippen molar-refractivity contribution in [2.45, 2.75) is 26.3 Å². The number of hydrogen-bond acceptors (Lipinski definition) is 6. The highest BCUT2D eigenvalue weighted by molar-refractivity contribution is 5.99. The van der Waals surface area contributed by atoms with Gasteiger partial charge in [0.2, 0.25) is 5.91 Å². The number of hydrogen-bond donors (Lipinski definition) is 1. The smallest absolute Gasteiger partial charge is 0.338 e. The van der Waals surface area contributed by atoms with Crippen LogP contribution in [0.5, 0.6) is 0 Å². The lowest BCUT2D eigenvalue weighted by Crippen LogP contribution is -2.43. The van der Waals surface area contributed by atoms with E-state index in [0.29, 0.717) is 32.5 Å². The normalized spacial score (nSPS) is 14.0. The van der Waals surface area contributed by atoms with Crippen LogP contribution in [-0.4, -0.2) is 47.3 Å². The summed E-state index contributed by atoms with van der Waals surface area (Å²) in [6, 6.07) is 13.2. The van der Waals surface area contributed by atoms with Crippen LogP contribution in [0.3, 0.4) is 0 Å². The maximum atomic E-state index is 12.9. The van der Waals surface area contributed by atoms with Crippen LogP contribution in [0.1, 0.15) is 46.0 Å². The lowest BCUT2D eigenvalue weighted by molar-refractivity contribution is -0.384. The fourth-order valence-corrected chi connectivity index (χ4v) is 3.63. The fraction of sp³-hybridized carbons (Fsp3) is 0.348. The fourth-order valence-electron chi connectivity index (χ4n) is 3.63. The van der Waals surface area contributed by atoms with E-state index >= 15 is 0 Å². The van der Waals surface area contributed by atoms with E-state index < -0.39 is 16.8 Å². The predicted octanol–water partition coefficient (Wildman–Crippen LogP) is 2.94. The van der Waals surface area contributed by atoms with Crippen LogP contribution in [0.4, 0.5) is 5.69 Å². The molecule has 0 aromatic heterocycles. The van der Waals surface area contributed by atoms with E-state index in [9.17, 15) is 24.5 Å². The number of benzene rings is 2. The van der Waals surface area contributed by atoms with Crippen LogP contribution >= 0.6 is 0 Å². The second kappa shape index (κ2) is 10.5. The second-order valence-electron chi connectivity index (χ2n) is 7.52. The van der Waals surface area contributed by atoms with Crippen molar-refractivity contribution >= 4 is 23.5 Å². The number of amides is 2. The van der Waals surface area contributed by atoms with Gasteiger partial charge in [-0.25, -0.2) is 4.79 Å². The largest absolute Gasteiger partial charge is 0.462 e. The van der Waals surface area contributed by atoms with Gasteiger partial charge in [-0.2, -0.15) is 0 Å². The van der Waals surface area contributed by atoms with Crippen molar-refractivity contribution in [1.82, 2.24) is 10.2 Å². The van der Waals surface area contributed by atoms with Crippen molar-refractivity contribution in [3.8, 4) is 0 Å². The molecule has 1 fully saturated rings. The first-order chi connectivity index (χ1) is 15.4. The monoisotopic (exact) mass is 439 g/mol. The molecular weight excluding hydrogens is 414 g/mol. The zero-order valence-electron chi connectivity index (χ0n) is 17.8. The topological polar surface area (TPSA) is 119 Å². The zero-order valence-corrected chi connectivity index (χ0v) is 17.8. The van der Waals surface area contributed by atoms with Crippen molar-refractivity contribution in [2.24, 2.45) is 5.92 Å². The average Bonchev–Trinajstić information content (AvgIpc) is 2.82. The van der Waals surface area contributed by atoms with Crippen molar-refractivity contribution in [2.75, 3.05) is 19.7 Å². The molecule has 2 aromatic carbocycles. The van der Waals surface area contributed by atoms with Crippen LogP contribution in [0.2, 0.25) is 0 Å². The number of nitro groups is 1. The molecule has 168 valence electrons. The second-order valence-corrected chi connectivity index (χ2v) is 7.52. The number of esters is 1. The first-order valence-corrected chi connectivity index (χ1v) is 10.5. The molecule has 0 bridgehead atoms. The highest BCUT2D eigenvalue weighted by atomic mass is 16.6. The van der Waals surface area contributed by atoms with Crippen molar-refractivity contribution in [1.29, 1.82) is 0 Å². The molecular formula is C23H25N3O6. The minimum absolute atomic E-state index is 0.0421. The molecule has 0 atom stereocenters. The lowest BCUT2D eigenvalue weighted by Gasteiger charge is -2.31. The summed E-state index contributed by atoms with van der Waals surface area (Å²) in [5.41, 5.74) is 0.666. The Balaban J connectivity index is 1.62. The Bertz CT molecular complexity index is 1000. The summed E-state index contributed by atoms with van der Waals surface area (Å²) in [6.07, 6.45) is 0.984. The van der Waals surface area contributed by atoms with E-state index in [-0.39, 0.29) is 35.2 Å². The molecule has 0 aliphatic carbocycles. The zero-order chi connectivity index (χ0) is 23.1. The Morgan fingerprint density at radius 2 is 1.75 bits per heavy atom. The highest BCUT2D eigenvalue weighted by Gasteiger charge is 2.29. The summed E-state index contributed by atoms with van der Waals surface area (Å²) in [6.45, 7) is 2.88. The summed E-state index contributed by atoms with van der Waals surface area (Å²) >= 11 is 0. The maximum Gasteiger partial charge on any atom is 0.338 e. The SMILES string of the molecule is CCOC(=O)c1cc(C(=O)N2CCC(C(=O)NCc3ccccc3)CC2)cc([N+](=O)[O-])c1. The van der Waals surface area contributed by atoms with Gasteiger partial charge in [-0.05, 0) is 31.4 Å². The molecule has 1 aliphatic heterocycles. The van der Waals surface area contributed by atoms with Gasteiger partial charge in [0.25, 0.3) is 11.6 Å². The molecule has 0 radical (unpaired) electrons. The molecule has 1 heterocycles.